The van der Waals surface area contributed by atoms with E-state index in [1.54, 1.807) is 32.6 Å². The average Bonchev–Trinajstić information content (AvgIpc) is 2.84. The maximum Gasteiger partial charge on any atom is 0.146 e. The van der Waals surface area contributed by atoms with Crippen LogP contribution >= 0.6 is 0 Å². The number of rotatable bonds is 9. The highest BCUT2D eigenvalue weighted by Crippen LogP contribution is 2.35. The highest BCUT2D eigenvalue weighted by Gasteiger charge is 2.23. The van der Waals surface area contributed by atoms with Gasteiger partial charge in [0.15, 0.2) is 0 Å². The minimum Gasteiger partial charge on any atom is -0.488 e. The van der Waals surface area contributed by atoms with Gasteiger partial charge in [-0.25, -0.2) is 18.6 Å². The van der Waals surface area contributed by atoms with Gasteiger partial charge in [0.1, 0.15) is 23.7 Å². The van der Waals surface area contributed by atoms with E-state index >= 15 is 0 Å². The summed E-state index contributed by atoms with van der Waals surface area (Å²) in [4.78, 5) is 8.86. The number of nitrogens with one attached hydrogen (secondary N) is 1. The van der Waals surface area contributed by atoms with Gasteiger partial charge in [0.2, 0.25) is 0 Å². The molecule has 1 fully saturated rings. The first-order valence-corrected chi connectivity index (χ1v) is 14.1. The van der Waals surface area contributed by atoms with Crippen molar-refractivity contribution in [2.75, 3.05) is 38.2 Å². The van der Waals surface area contributed by atoms with Crippen molar-refractivity contribution >= 4 is 37.8 Å². The van der Waals surface area contributed by atoms with E-state index in [-0.39, 0.29) is 18.0 Å². The first-order chi connectivity index (χ1) is 17.3. The number of hydrogen-bond donors (Lipinski definition) is 1. The Kier molecular flexibility index (Phi) is 8.38. The summed E-state index contributed by atoms with van der Waals surface area (Å²) in [6.07, 6.45) is 6.85. The molecule has 4 rings (SSSR count). The van der Waals surface area contributed by atoms with Crippen LogP contribution in [0.4, 0.5) is 21.6 Å². The topological polar surface area (TPSA) is 94.9 Å². The van der Waals surface area contributed by atoms with Gasteiger partial charge in [0, 0.05) is 31.9 Å². The van der Waals surface area contributed by atoms with Gasteiger partial charge in [-0.15, -0.1) is 0 Å². The quantitative estimate of drug-likeness (QED) is 0.399. The lowest BCUT2D eigenvalue weighted by Gasteiger charge is -2.28. The molecule has 0 saturated heterocycles. The second kappa shape index (κ2) is 11.5. The fourth-order valence-electron chi connectivity index (χ4n) is 4.42. The van der Waals surface area contributed by atoms with E-state index in [2.05, 4.69) is 19.6 Å². The minimum absolute atomic E-state index is 0.00573. The normalized spacial score (nSPS) is 19.6. The standard InChI is InChI=1S/C26H33FN4O4S/c1-17-13-19(31-36(4,32)12-11-33-2)15-23-25(17)26(29-16-28-23)30-22-10-5-18(27)14-24(22)35-21-8-6-20(34-3)7-9-21/h5,10,13-16,20-21H,6-9,11-12H2,1-4H3,(H,28,29,30). The van der Waals surface area contributed by atoms with Crippen LogP contribution in [-0.4, -0.2) is 59.2 Å². The molecule has 36 heavy (non-hydrogen) atoms. The van der Waals surface area contributed by atoms with E-state index in [9.17, 15) is 8.60 Å². The molecule has 0 aliphatic heterocycles. The molecule has 1 aliphatic rings. The van der Waals surface area contributed by atoms with Gasteiger partial charge in [-0.1, -0.05) is 0 Å². The summed E-state index contributed by atoms with van der Waals surface area (Å²) in [6.45, 7) is 2.30. The molecule has 1 aromatic heterocycles. The molecule has 10 heteroatoms. The van der Waals surface area contributed by atoms with Crippen molar-refractivity contribution in [1.82, 2.24) is 9.97 Å². The van der Waals surface area contributed by atoms with Crippen LogP contribution in [0.25, 0.3) is 10.9 Å². The smallest absolute Gasteiger partial charge is 0.146 e. The predicted octanol–water partition coefficient (Wildman–Crippen LogP) is 5.53. The monoisotopic (exact) mass is 516 g/mol. The molecule has 0 bridgehead atoms. The zero-order valence-corrected chi connectivity index (χ0v) is 21.9. The lowest BCUT2D eigenvalue weighted by molar-refractivity contribution is 0.0329. The van der Waals surface area contributed by atoms with Gasteiger partial charge in [0.05, 0.1) is 51.2 Å². The van der Waals surface area contributed by atoms with Gasteiger partial charge in [0.25, 0.3) is 0 Å². The third kappa shape index (κ3) is 6.48. The number of methoxy groups -OCH3 is 2. The van der Waals surface area contributed by atoms with Crippen LogP contribution in [0.1, 0.15) is 31.2 Å². The second-order valence-electron chi connectivity index (χ2n) is 9.14. The molecule has 1 saturated carbocycles. The molecule has 1 atom stereocenters. The van der Waals surface area contributed by atoms with Gasteiger partial charge >= 0.3 is 0 Å². The first kappa shape index (κ1) is 26.2. The number of aryl methyl sites for hydroxylation is 1. The minimum atomic E-state index is -2.44. The number of benzene rings is 2. The molecular formula is C26H33FN4O4S. The van der Waals surface area contributed by atoms with Crippen molar-refractivity contribution in [2.24, 2.45) is 4.36 Å². The van der Waals surface area contributed by atoms with Crippen molar-refractivity contribution in [3.63, 3.8) is 0 Å². The first-order valence-electron chi connectivity index (χ1n) is 12.0. The molecule has 1 aliphatic carbocycles. The Morgan fingerprint density at radius 1 is 1.11 bits per heavy atom. The van der Waals surface area contributed by atoms with E-state index in [0.717, 1.165) is 36.6 Å². The Morgan fingerprint density at radius 2 is 1.86 bits per heavy atom. The maximum atomic E-state index is 14.1. The number of anilines is 2. The molecule has 0 radical (unpaired) electrons. The highest BCUT2D eigenvalue weighted by molar-refractivity contribution is 7.93. The molecule has 2 aromatic carbocycles. The number of fused-ring (bicyclic) bond motifs is 1. The largest absolute Gasteiger partial charge is 0.488 e. The zero-order chi connectivity index (χ0) is 25.7. The Morgan fingerprint density at radius 3 is 2.58 bits per heavy atom. The summed E-state index contributed by atoms with van der Waals surface area (Å²) in [5, 5.41) is 4.12. The highest BCUT2D eigenvalue weighted by atomic mass is 32.2. The Hall–Kier alpha value is -2.82. The lowest BCUT2D eigenvalue weighted by atomic mass is 9.95. The number of nitrogens with zero attached hydrogens (tertiary/aromatic N) is 3. The average molecular weight is 517 g/mol. The molecule has 3 aromatic rings. The number of aromatic nitrogens is 2. The van der Waals surface area contributed by atoms with Gasteiger partial charge in [-0.3, -0.25) is 0 Å². The van der Waals surface area contributed by atoms with Crippen molar-refractivity contribution in [1.29, 1.82) is 0 Å². The SMILES string of the molecule is COCCS(C)(=O)=Nc1cc(C)c2c(Nc3ccc(F)cc3OC3CCC(OC)CC3)ncnc2c1. The van der Waals surface area contributed by atoms with Crippen LogP contribution < -0.4 is 10.1 Å². The van der Waals surface area contributed by atoms with Crippen LogP contribution in [-0.2, 0) is 19.2 Å². The summed E-state index contributed by atoms with van der Waals surface area (Å²) >= 11 is 0. The van der Waals surface area contributed by atoms with Crippen molar-refractivity contribution in [2.45, 2.75) is 44.8 Å². The van der Waals surface area contributed by atoms with E-state index < -0.39 is 9.73 Å². The zero-order valence-electron chi connectivity index (χ0n) is 21.1. The number of ether oxygens (including phenoxy) is 3. The van der Waals surface area contributed by atoms with E-state index in [0.29, 0.717) is 40.8 Å². The number of halogens is 1. The van der Waals surface area contributed by atoms with Crippen LogP contribution in [0, 0.1) is 12.7 Å². The Bertz CT molecular complexity index is 1340. The summed E-state index contributed by atoms with van der Waals surface area (Å²) in [6, 6.07) is 8.10. The molecule has 1 heterocycles. The van der Waals surface area contributed by atoms with Crippen LogP contribution in [0.2, 0.25) is 0 Å². The van der Waals surface area contributed by atoms with Gasteiger partial charge in [-0.2, -0.15) is 4.36 Å². The Labute approximate surface area is 211 Å². The fourth-order valence-corrected chi connectivity index (χ4v) is 5.54. The van der Waals surface area contributed by atoms with Crippen LogP contribution in [0.3, 0.4) is 0 Å². The molecule has 1 N–H and O–H groups in total. The van der Waals surface area contributed by atoms with E-state index in [1.165, 1.54) is 18.5 Å². The van der Waals surface area contributed by atoms with Gasteiger partial charge < -0.3 is 19.5 Å². The summed E-state index contributed by atoms with van der Waals surface area (Å²) in [5.41, 5.74) is 2.75. The molecule has 0 amide bonds. The van der Waals surface area contributed by atoms with Gasteiger partial charge in [-0.05, 0) is 62.4 Å². The third-order valence-corrected chi connectivity index (χ3v) is 7.85. The van der Waals surface area contributed by atoms with E-state index in [1.807, 2.05) is 13.0 Å². The molecule has 8 nitrogen and oxygen atoms in total. The number of hydrogen-bond acceptors (Lipinski definition) is 8. The van der Waals surface area contributed by atoms with Crippen LogP contribution in [0.15, 0.2) is 41.0 Å². The summed E-state index contributed by atoms with van der Waals surface area (Å²) in [7, 11) is 0.865. The molecular weight excluding hydrogens is 483 g/mol. The van der Waals surface area contributed by atoms with Crippen molar-refractivity contribution in [3.05, 3.63) is 48.0 Å². The fraction of sp³-hybridized carbons (Fsp3) is 0.462. The molecule has 194 valence electrons. The predicted molar refractivity (Wildman–Crippen MR) is 141 cm³/mol. The van der Waals surface area contributed by atoms with Crippen LogP contribution in [0.5, 0.6) is 5.75 Å². The van der Waals surface area contributed by atoms with Crippen molar-refractivity contribution < 1.29 is 22.8 Å². The maximum absolute atomic E-state index is 14.1. The molecule has 0 spiro atoms. The van der Waals surface area contributed by atoms with E-state index in [4.69, 9.17) is 14.2 Å². The van der Waals surface area contributed by atoms with Crippen molar-refractivity contribution in [3.8, 4) is 5.75 Å². The second-order valence-corrected chi connectivity index (χ2v) is 11.7. The Balaban J connectivity index is 1.63. The molecule has 1 unspecified atom stereocenters. The summed E-state index contributed by atoms with van der Waals surface area (Å²) < 4.78 is 48.1. The lowest BCUT2D eigenvalue weighted by Crippen LogP contribution is -2.27. The third-order valence-electron chi connectivity index (χ3n) is 6.33. The summed E-state index contributed by atoms with van der Waals surface area (Å²) in [5.74, 6) is 0.987.